The summed E-state index contributed by atoms with van der Waals surface area (Å²) in [7, 11) is 0. The first-order valence-corrected chi connectivity index (χ1v) is 7.58. The molecule has 0 bridgehead atoms. The molecule has 1 saturated carbocycles. The van der Waals surface area contributed by atoms with Crippen molar-refractivity contribution in [1.82, 2.24) is 0 Å². The molecule has 1 aromatic rings. The Morgan fingerprint density at radius 2 is 2.00 bits per heavy atom. The molecular formula is C17H24O2. The Hall–Kier alpha value is -1.02. The molecule has 1 aliphatic heterocycles. The van der Waals surface area contributed by atoms with E-state index in [1.165, 1.54) is 5.56 Å². The summed E-state index contributed by atoms with van der Waals surface area (Å²) in [6.07, 6.45) is 4.97. The molecule has 0 radical (unpaired) electrons. The molecule has 1 aliphatic carbocycles. The van der Waals surface area contributed by atoms with Crippen LogP contribution in [0.2, 0.25) is 0 Å². The van der Waals surface area contributed by atoms with E-state index in [1.807, 2.05) is 0 Å². The van der Waals surface area contributed by atoms with Gasteiger partial charge in [-0.15, -0.1) is 0 Å². The van der Waals surface area contributed by atoms with Gasteiger partial charge in [-0.05, 0) is 43.1 Å². The number of aliphatic hydroxyl groups is 1. The van der Waals surface area contributed by atoms with Crippen LogP contribution in [-0.4, -0.2) is 11.7 Å². The molecule has 1 heterocycles. The summed E-state index contributed by atoms with van der Waals surface area (Å²) in [5.41, 5.74) is 1.63. The van der Waals surface area contributed by atoms with Crippen molar-refractivity contribution in [1.29, 1.82) is 0 Å². The van der Waals surface area contributed by atoms with Crippen LogP contribution >= 0.6 is 0 Å². The second-order valence-corrected chi connectivity index (χ2v) is 6.51. The Bertz CT molecular complexity index is 456. The molecule has 0 aromatic heterocycles. The lowest BCUT2D eigenvalue weighted by atomic mass is 9.71. The molecule has 1 aromatic carbocycles. The maximum atomic E-state index is 11.0. The first-order chi connectivity index (χ1) is 9.10. The van der Waals surface area contributed by atoms with Crippen LogP contribution in [0, 0.1) is 11.8 Å². The molecular weight excluding hydrogens is 236 g/mol. The summed E-state index contributed by atoms with van der Waals surface area (Å²) >= 11 is 0. The quantitative estimate of drug-likeness (QED) is 0.879. The minimum absolute atomic E-state index is 0.666. The Balaban J connectivity index is 1.85. The number of benzene rings is 1. The van der Waals surface area contributed by atoms with E-state index in [1.54, 1.807) is 0 Å². The van der Waals surface area contributed by atoms with E-state index in [0.29, 0.717) is 0 Å². The molecule has 0 unspecified atom stereocenters. The zero-order valence-electron chi connectivity index (χ0n) is 12.0. The van der Waals surface area contributed by atoms with Crippen molar-refractivity contribution < 1.29 is 9.84 Å². The van der Waals surface area contributed by atoms with Gasteiger partial charge in [0.1, 0.15) is 5.75 Å². The zero-order valence-corrected chi connectivity index (χ0v) is 12.0. The maximum Gasteiger partial charge on any atom is 0.128 e. The highest BCUT2D eigenvalue weighted by Crippen LogP contribution is 2.46. The number of hydrogen-bond donors (Lipinski definition) is 1. The first-order valence-electron chi connectivity index (χ1n) is 7.58. The van der Waals surface area contributed by atoms with Gasteiger partial charge < -0.3 is 9.84 Å². The maximum absolute atomic E-state index is 11.0. The van der Waals surface area contributed by atoms with Gasteiger partial charge in [0.15, 0.2) is 0 Å². The van der Waals surface area contributed by atoms with Crippen LogP contribution in [0.15, 0.2) is 18.2 Å². The molecule has 1 N–H and O–H groups in total. The highest BCUT2D eigenvalue weighted by molar-refractivity contribution is 5.47. The fourth-order valence-electron chi connectivity index (χ4n) is 3.64. The molecule has 2 heteroatoms. The number of para-hydroxylation sites is 1. The summed E-state index contributed by atoms with van der Waals surface area (Å²) in [5, 5.41) is 11.0. The first kappa shape index (κ1) is 13.0. The van der Waals surface area contributed by atoms with Crippen molar-refractivity contribution in [2.24, 2.45) is 11.8 Å². The number of hydrogen-bond acceptors (Lipinski definition) is 2. The molecule has 0 atom stereocenters. The smallest absolute Gasteiger partial charge is 0.128 e. The molecule has 0 amide bonds. The predicted molar refractivity (Wildman–Crippen MR) is 76.3 cm³/mol. The van der Waals surface area contributed by atoms with Crippen molar-refractivity contribution in [2.75, 3.05) is 6.61 Å². The van der Waals surface area contributed by atoms with Crippen molar-refractivity contribution in [3.05, 3.63) is 29.3 Å². The lowest BCUT2D eigenvalue weighted by Gasteiger charge is -2.38. The van der Waals surface area contributed by atoms with E-state index in [0.717, 1.165) is 61.9 Å². The van der Waals surface area contributed by atoms with Gasteiger partial charge in [0.2, 0.25) is 0 Å². The molecule has 2 aliphatic rings. The Morgan fingerprint density at radius 3 is 2.68 bits per heavy atom. The number of ether oxygens (including phenoxy) is 1. The Labute approximate surface area is 115 Å². The highest BCUT2D eigenvalue weighted by atomic mass is 16.5. The van der Waals surface area contributed by atoms with Crippen molar-refractivity contribution >= 4 is 0 Å². The lowest BCUT2D eigenvalue weighted by molar-refractivity contribution is -0.0216. The minimum atomic E-state index is -0.666. The summed E-state index contributed by atoms with van der Waals surface area (Å²) in [6.45, 7) is 5.34. The molecule has 3 rings (SSSR count). The van der Waals surface area contributed by atoms with Gasteiger partial charge in [-0.25, -0.2) is 0 Å². The van der Waals surface area contributed by atoms with E-state index in [2.05, 4.69) is 32.0 Å². The van der Waals surface area contributed by atoms with E-state index >= 15 is 0 Å². The number of rotatable bonds is 2. The highest BCUT2D eigenvalue weighted by Gasteiger charge is 2.38. The Kier molecular flexibility index (Phi) is 3.30. The van der Waals surface area contributed by atoms with Gasteiger partial charge in [0, 0.05) is 12.0 Å². The van der Waals surface area contributed by atoms with E-state index in [-0.39, 0.29) is 0 Å². The second kappa shape index (κ2) is 4.82. The Morgan fingerprint density at radius 1 is 1.26 bits per heavy atom. The standard InChI is InChI=1S/C17H24O2/c1-12(2)13-6-9-17(18,10-7-13)15-5-3-4-14-8-11-19-16(14)15/h3-5,12-13,18H,6-11H2,1-2H3. The molecule has 19 heavy (non-hydrogen) atoms. The fourth-order valence-corrected chi connectivity index (χ4v) is 3.64. The van der Waals surface area contributed by atoms with E-state index in [9.17, 15) is 5.11 Å². The molecule has 1 fully saturated rings. The minimum Gasteiger partial charge on any atom is -0.493 e. The van der Waals surface area contributed by atoms with Gasteiger partial charge in [0.05, 0.1) is 12.2 Å². The summed E-state index contributed by atoms with van der Waals surface area (Å²) in [4.78, 5) is 0. The topological polar surface area (TPSA) is 29.5 Å². The SMILES string of the molecule is CC(C)C1CCC(O)(c2cccc3c2OCC3)CC1. The van der Waals surface area contributed by atoms with Crippen LogP contribution in [0.1, 0.15) is 50.7 Å². The summed E-state index contributed by atoms with van der Waals surface area (Å²) in [6, 6.07) is 6.24. The van der Waals surface area contributed by atoms with Crippen molar-refractivity contribution in [3.8, 4) is 5.75 Å². The normalized spacial score (nSPS) is 30.2. The van der Waals surface area contributed by atoms with Crippen molar-refractivity contribution in [2.45, 2.75) is 51.6 Å². The molecule has 0 spiro atoms. The van der Waals surface area contributed by atoms with Gasteiger partial charge in [-0.1, -0.05) is 32.0 Å². The van der Waals surface area contributed by atoms with Crippen LogP contribution in [0.3, 0.4) is 0 Å². The average molecular weight is 260 g/mol. The average Bonchev–Trinajstić information content (AvgIpc) is 2.87. The fraction of sp³-hybridized carbons (Fsp3) is 0.647. The van der Waals surface area contributed by atoms with Gasteiger partial charge in [-0.3, -0.25) is 0 Å². The number of fused-ring (bicyclic) bond motifs is 1. The summed E-state index contributed by atoms with van der Waals surface area (Å²) in [5.74, 6) is 2.45. The second-order valence-electron chi connectivity index (χ2n) is 6.51. The molecule has 0 saturated heterocycles. The van der Waals surface area contributed by atoms with E-state index in [4.69, 9.17) is 4.74 Å². The summed E-state index contributed by atoms with van der Waals surface area (Å²) < 4.78 is 5.76. The van der Waals surface area contributed by atoms with Crippen molar-refractivity contribution in [3.63, 3.8) is 0 Å². The van der Waals surface area contributed by atoms with Crippen LogP contribution in [0.25, 0.3) is 0 Å². The van der Waals surface area contributed by atoms with Crippen LogP contribution < -0.4 is 4.74 Å². The predicted octanol–water partition coefficient (Wildman–Crippen LogP) is 3.66. The van der Waals surface area contributed by atoms with Crippen LogP contribution in [0.4, 0.5) is 0 Å². The lowest BCUT2D eigenvalue weighted by Crippen LogP contribution is -2.33. The van der Waals surface area contributed by atoms with Crippen LogP contribution in [0.5, 0.6) is 5.75 Å². The van der Waals surface area contributed by atoms with Gasteiger partial charge in [0.25, 0.3) is 0 Å². The van der Waals surface area contributed by atoms with E-state index < -0.39 is 5.60 Å². The van der Waals surface area contributed by atoms with Crippen LogP contribution in [-0.2, 0) is 12.0 Å². The third-order valence-corrected chi connectivity index (χ3v) is 5.02. The zero-order chi connectivity index (χ0) is 13.5. The molecule has 2 nitrogen and oxygen atoms in total. The van der Waals surface area contributed by atoms with Gasteiger partial charge in [-0.2, -0.15) is 0 Å². The van der Waals surface area contributed by atoms with Gasteiger partial charge >= 0.3 is 0 Å². The molecule has 104 valence electrons. The third-order valence-electron chi connectivity index (χ3n) is 5.02. The monoisotopic (exact) mass is 260 g/mol. The largest absolute Gasteiger partial charge is 0.493 e. The third kappa shape index (κ3) is 2.27.